The SMILES string of the molecule is CCCCC(=O)NC(=S)NNc1ccc([N+](=O)[O-])cc1. The van der Waals surface area contributed by atoms with Gasteiger partial charge in [0.25, 0.3) is 5.69 Å². The van der Waals surface area contributed by atoms with Crippen molar-refractivity contribution in [3.05, 3.63) is 34.4 Å². The zero-order valence-electron chi connectivity index (χ0n) is 11.0. The molecule has 0 saturated heterocycles. The van der Waals surface area contributed by atoms with E-state index in [1.54, 1.807) is 0 Å². The molecule has 0 aliphatic rings. The maximum Gasteiger partial charge on any atom is 0.269 e. The second-order valence-electron chi connectivity index (χ2n) is 4.03. The number of unbranched alkanes of at least 4 members (excludes halogenated alkanes) is 1. The summed E-state index contributed by atoms with van der Waals surface area (Å²) in [5.74, 6) is -0.144. The van der Waals surface area contributed by atoms with Crippen LogP contribution < -0.4 is 16.2 Å². The molecule has 0 fully saturated rings. The molecule has 1 aromatic rings. The summed E-state index contributed by atoms with van der Waals surface area (Å²) in [6.45, 7) is 2.00. The summed E-state index contributed by atoms with van der Waals surface area (Å²) in [5.41, 5.74) is 5.98. The van der Waals surface area contributed by atoms with E-state index in [4.69, 9.17) is 12.2 Å². The van der Waals surface area contributed by atoms with Crippen molar-refractivity contribution in [2.45, 2.75) is 26.2 Å². The molecule has 1 rings (SSSR count). The van der Waals surface area contributed by atoms with Gasteiger partial charge in [-0.25, -0.2) is 0 Å². The van der Waals surface area contributed by atoms with Crippen molar-refractivity contribution >= 4 is 34.6 Å². The molecule has 0 saturated carbocycles. The number of benzene rings is 1. The first-order valence-corrected chi connectivity index (χ1v) is 6.54. The van der Waals surface area contributed by atoms with Crippen molar-refractivity contribution < 1.29 is 9.72 Å². The third-order valence-corrected chi connectivity index (χ3v) is 2.61. The number of carbonyl (C=O) groups is 1. The molecule has 3 N–H and O–H groups in total. The van der Waals surface area contributed by atoms with Crippen LogP contribution >= 0.6 is 12.2 Å². The smallest absolute Gasteiger partial charge is 0.269 e. The van der Waals surface area contributed by atoms with Gasteiger partial charge in [-0.15, -0.1) is 0 Å². The summed E-state index contributed by atoms with van der Waals surface area (Å²) in [7, 11) is 0. The van der Waals surface area contributed by atoms with E-state index < -0.39 is 4.92 Å². The van der Waals surface area contributed by atoms with Crippen LogP contribution in [0.1, 0.15) is 26.2 Å². The number of non-ortho nitro benzene ring substituents is 1. The Balaban J connectivity index is 2.37. The third kappa shape index (κ3) is 5.61. The van der Waals surface area contributed by atoms with Crippen LogP contribution in [0, 0.1) is 10.1 Å². The maximum absolute atomic E-state index is 11.4. The number of nitrogens with one attached hydrogen (secondary N) is 3. The summed E-state index contributed by atoms with van der Waals surface area (Å²) in [4.78, 5) is 21.4. The number of carbonyl (C=O) groups excluding carboxylic acids is 1. The highest BCUT2D eigenvalue weighted by molar-refractivity contribution is 7.80. The Kier molecular flexibility index (Phi) is 6.38. The van der Waals surface area contributed by atoms with Crippen LogP contribution in [0.5, 0.6) is 0 Å². The molecule has 20 heavy (non-hydrogen) atoms. The molecule has 0 aromatic heterocycles. The molecule has 0 aliphatic carbocycles. The van der Waals surface area contributed by atoms with Crippen LogP contribution in [0.3, 0.4) is 0 Å². The molecule has 1 aromatic carbocycles. The monoisotopic (exact) mass is 296 g/mol. The van der Waals surface area contributed by atoms with Gasteiger partial charge in [0.2, 0.25) is 5.91 Å². The van der Waals surface area contributed by atoms with Crippen molar-refractivity contribution in [2.24, 2.45) is 0 Å². The van der Waals surface area contributed by atoms with Gasteiger partial charge in [0.05, 0.1) is 10.6 Å². The number of hydrogen-bond acceptors (Lipinski definition) is 5. The van der Waals surface area contributed by atoms with Crippen molar-refractivity contribution in [1.82, 2.24) is 10.7 Å². The molecule has 0 aliphatic heterocycles. The number of amides is 1. The van der Waals surface area contributed by atoms with Crippen molar-refractivity contribution in [2.75, 3.05) is 5.43 Å². The van der Waals surface area contributed by atoms with Crippen LogP contribution in [0.2, 0.25) is 0 Å². The first kappa shape index (κ1) is 15.8. The lowest BCUT2D eigenvalue weighted by molar-refractivity contribution is -0.384. The number of nitro groups is 1. The normalized spacial score (nSPS) is 9.65. The minimum absolute atomic E-state index is 0.00555. The molecule has 7 nitrogen and oxygen atoms in total. The molecule has 8 heteroatoms. The predicted octanol–water partition coefficient (Wildman–Crippen LogP) is 2.10. The Bertz CT molecular complexity index is 490. The fourth-order valence-electron chi connectivity index (χ4n) is 1.35. The standard InChI is InChI=1S/C12H16N4O3S/c1-2-3-4-11(17)13-12(20)15-14-9-5-7-10(8-6-9)16(18)19/h5-8,14H,2-4H2,1H3,(H2,13,15,17,20). The molecule has 0 heterocycles. The van der Waals surface area contributed by atoms with Gasteiger partial charge in [-0.1, -0.05) is 13.3 Å². The number of hydrazine groups is 1. The van der Waals surface area contributed by atoms with Gasteiger partial charge in [0.1, 0.15) is 0 Å². The second-order valence-corrected chi connectivity index (χ2v) is 4.44. The molecular formula is C12H16N4O3S. The first-order chi connectivity index (χ1) is 9.52. The van der Waals surface area contributed by atoms with E-state index in [9.17, 15) is 14.9 Å². The number of nitro benzene ring substituents is 1. The fraction of sp³-hybridized carbons (Fsp3) is 0.333. The van der Waals surface area contributed by atoms with Gasteiger partial charge in [-0.05, 0) is 30.8 Å². The molecule has 108 valence electrons. The van der Waals surface area contributed by atoms with Crippen molar-refractivity contribution in [3.63, 3.8) is 0 Å². The van der Waals surface area contributed by atoms with Gasteiger partial charge in [0, 0.05) is 18.6 Å². The van der Waals surface area contributed by atoms with E-state index in [-0.39, 0.29) is 16.7 Å². The zero-order valence-corrected chi connectivity index (χ0v) is 11.8. The number of hydrogen-bond donors (Lipinski definition) is 3. The molecule has 0 bridgehead atoms. The highest BCUT2D eigenvalue weighted by atomic mass is 32.1. The van der Waals surface area contributed by atoms with E-state index in [0.717, 1.165) is 12.8 Å². The minimum Gasteiger partial charge on any atom is -0.302 e. The lowest BCUT2D eigenvalue weighted by Crippen LogP contribution is -2.41. The fourth-order valence-corrected chi connectivity index (χ4v) is 1.52. The van der Waals surface area contributed by atoms with E-state index in [0.29, 0.717) is 12.1 Å². The topological polar surface area (TPSA) is 96.3 Å². The van der Waals surface area contributed by atoms with Gasteiger partial charge in [-0.3, -0.25) is 25.8 Å². The summed E-state index contributed by atoms with van der Waals surface area (Å²) < 4.78 is 0. The van der Waals surface area contributed by atoms with Crippen LogP contribution in [0.25, 0.3) is 0 Å². The quantitative estimate of drug-likeness (QED) is 0.422. The Hall–Kier alpha value is -2.22. The van der Waals surface area contributed by atoms with Gasteiger partial charge in [-0.2, -0.15) is 0 Å². The number of nitrogens with zero attached hydrogens (tertiary/aromatic N) is 1. The van der Waals surface area contributed by atoms with Gasteiger partial charge in [0.15, 0.2) is 5.11 Å². The minimum atomic E-state index is -0.476. The highest BCUT2D eigenvalue weighted by Gasteiger charge is 2.05. The van der Waals surface area contributed by atoms with Crippen molar-refractivity contribution in [1.29, 1.82) is 0 Å². The average molecular weight is 296 g/mol. The van der Waals surface area contributed by atoms with E-state index in [1.807, 2.05) is 6.92 Å². The largest absolute Gasteiger partial charge is 0.302 e. The van der Waals surface area contributed by atoms with E-state index >= 15 is 0 Å². The lowest BCUT2D eigenvalue weighted by atomic mass is 10.2. The third-order valence-electron chi connectivity index (χ3n) is 2.41. The molecule has 0 atom stereocenters. The number of rotatable bonds is 6. The average Bonchev–Trinajstić information content (AvgIpc) is 2.43. The zero-order chi connectivity index (χ0) is 15.0. The van der Waals surface area contributed by atoms with E-state index in [2.05, 4.69) is 16.2 Å². The predicted molar refractivity (Wildman–Crippen MR) is 80.1 cm³/mol. The summed E-state index contributed by atoms with van der Waals surface area (Å²) in [6, 6.07) is 5.80. The van der Waals surface area contributed by atoms with Gasteiger partial charge >= 0.3 is 0 Å². The summed E-state index contributed by atoms with van der Waals surface area (Å²) in [6.07, 6.45) is 2.18. The molecule has 0 spiro atoms. The van der Waals surface area contributed by atoms with E-state index in [1.165, 1.54) is 24.3 Å². The van der Waals surface area contributed by atoms with Crippen LogP contribution in [0.15, 0.2) is 24.3 Å². The van der Waals surface area contributed by atoms with Crippen LogP contribution in [-0.2, 0) is 4.79 Å². The highest BCUT2D eigenvalue weighted by Crippen LogP contribution is 2.14. The number of anilines is 1. The molecule has 0 radical (unpaired) electrons. The first-order valence-electron chi connectivity index (χ1n) is 6.13. The van der Waals surface area contributed by atoms with Crippen LogP contribution in [0.4, 0.5) is 11.4 Å². The maximum atomic E-state index is 11.4. The lowest BCUT2D eigenvalue weighted by Gasteiger charge is -2.11. The molecule has 1 amide bonds. The Morgan fingerprint density at radius 1 is 1.35 bits per heavy atom. The second kappa shape index (κ2) is 8.05. The Morgan fingerprint density at radius 2 is 2.00 bits per heavy atom. The Morgan fingerprint density at radius 3 is 2.55 bits per heavy atom. The summed E-state index contributed by atoms with van der Waals surface area (Å²) in [5, 5.41) is 13.2. The molecular weight excluding hydrogens is 280 g/mol. The summed E-state index contributed by atoms with van der Waals surface area (Å²) >= 11 is 4.93. The number of thiocarbonyl (C=S) groups is 1. The molecule has 0 unspecified atom stereocenters. The van der Waals surface area contributed by atoms with Crippen molar-refractivity contribution in [3.8, 4) is 0 Å². The Labute approximate surface area is 121 Å². The van der Waals surface area contributed by atoms with Crippen LogP contribution in [-0.4, -0.2) is 15.9 Å². The van der Waals surface area contributed by atoms with Gasteiger partial charge < -0.3 is 5.32 Å².